The van der Waals surface area contributed by atoms with Crippen molar-refractivity contribution in [3.63, 3.8) is 0 Å². The minimum absolute atomic E-state index is 0.218. The fourth-order valence-electron chi connectivity index (χ4n) is 2.10. The predicted octanol–water partition coefficient (Wildman–Crippen LogP) is -1.08. The lowest BCUT2D eigenvalue weighted by Gasteiger charge is -2.38. The number of ether oxygens (including phenoxy) is 2. The molecule has 5 N–H and O–H groups in total. The van der Waals surface area contributed by atoms with Gasteiger partial charge in [-0.15, -0.1) is 0 Å². The summed E-state index contributed by atoms with van der Waals surface area (Å²) in [4.78, 5) is 21.9. The highest BCUT2D eigenvalue weighted by Crippen LogP contribution is 2.25. The molecule has 0 aliphatic carbocycles. The number of carbonyl (C=O) groups is 2. The van der Waals surface area contributed by atoms with E-state index in [0.717, 1.165) is 0 Å². The summed E-state index contributed by atoms with van der Waals surface area (Å²) in [6.45, 7) is 1.36. The summed E-state index contributed by atoms with van der Waals surface area (Å²) < 4.78 is 10.3. The van der Waals surface area contributed by atoms with Crippen LogP contribution < -0.4 is 10.1 Å². The molecule has 2 rings (SSSR count). The van der Waals surface area contributed by atoms with Crippen LogP contribution in [0.3, 0.4) is 0 Å². The first-order valence-corrected chi connectivity index (χ1v) is 6.76. The molecule has 1 heterocycles. The Morgan fingerprint density at radius 1 is 1.09 bits per heavy atom. The van der Waals surface area contributed by atoms with Crippen molar-refractivity contribution in [2.45, 2.75) is 37.6 Å². The van der Waals surface area contributed by atoms with Gasteiger partial charge in [0.2, 0.25) is 12.2 Å². The van der Waals surface area contributed by atoms with E-state index in [4.69, 9.17) is 14.6 Å². The molecule has 0 unspecified atom stereocenters. The van der Waals surface area contributed by atoms with Crippen LogP contribution >= 0.6 is 0 Å². The summed E-state index contributed by atoms with van der Waals surface area (Å²) in [6, 6.07) is 6.00. The monoisotopic (exact) mass is 327 g/mol. The largest absolute Gasteiger partial charge is 0.479 e. The maximum absolute atomic E-state index is 11.0. The number of anilines is 1. The molecule has 9 nitrogen and oxygen atoms in total. The zero-order valence-corrected chi connectivity index (χ0v) is 12.1. The molecular formula is C14H17NO8. The van der Waals surface area contributed by atoms with Crippen LogP contribution in [0.2, 0.25) is 0 Å². The number of hydrogen-bond donors (Lipinski definition) is 5. The zero-order valence-electron chi connectivity index (χ0n) is 12.1. The highest BCUT2D eigenvalue weighted by atomic mass is 16.7. The number of carboxylic acid groups (broad SMARTS) is 1. The molecule has 0 spiro atoms. The molecule has 0 radical (unpaired) electrons. The summed E-state index contributed by atoms with van der Waals surface area (Å²) in [6.07, 6.45) is -8.33. The standard InChI is InChI=1S/C14H17NO8/c1-6(16)15-7-2-4-8(5-3-7)22-14-11(19)9(17)10(18)12(23-14)13(20)21/h2-5,9-12,14,17-19H,1H3,(H,15,16)(H,20,21)/t9-,10-,11+,12-,14+/m0/s1. The first-order chi connectivity index (χ1) is 10.8. The van der Waals surface area contributed by atoms with Crippen LogP contribution in [0.4, 0.5) is 5.69 Å². The van der Waals surface area contributed by atoms with Gasteiger partial charge >= 0.3 is 5.97 Å². The van der Waals surface area contributed by atoms with Crippen LogP contribution in [-0.4, -0.2) is 63.0 Å². The highest BCUT2D eigenvalue weighted by molar-refractivity contribution is 5.88. The fourth-order valence-corrected chi connectivity index (χ4v) is 2.10. The zero-order chi connectivity index (χ0) is 17.1. The second-order valence-corrected chi connectivity index (χ2v) is 5.06. The van der Waals surface area contributed by atoms with E-state index in [1.165, 1.54) is 31.2 Å². The average molecular weight is 327 g/mol. The number of aliphatic carboxylic acids is 1. The van der Waals surface area contributed by atoms with E-state index in [1.54, 1.807) is 0 Å². The van der Waals surface area contributed by atoms with Gasteiger partial charge in [-0.25, -0.2) is 4.79 Å². The van der Waals surface area contributed by atoms with Crippen molar-refractivity contribution < 1.29 is 39.5 Å². The molecule has 1 aromatic carbocycles. The van der Waals surface area contributed by atoms with Gasteiger partial charge in [0.15, 0.2) is 6.10 Å². The summed E-state index contributed by atoms with van der Waals surface area (Å²) in [5.74, 6) is -1.51. The number of nitrogens with one attached hydrogen (secondary N) is 1. The lowest BCUT2D eigenvalue weighted by atomic mass is 9.99. The Kier molecular flexibility index (Phi) is 5.16. The Bertz CT molecular complexity index is 575. The van der Waals surface area contributed by atoms with Crippen molar-refractivity contribution in [2.75, 3.05) is 5.32 Å². The van der Waals surface area contributed by atoms with Gasteiger partial charge in [0, 0.05) is 12.6 Å². The van der Waals surface area contributed by atoms with Crippen LogP contribution in [-0.2, 0) is 14.3 Å². The van der Waals surface area contributed by atoms with Crippen molar-refractivity contribution in [2.24, 2.45) is 0 Å². The number of rotatable bonds is 4. The predicted molar refractivity (Wildman–Crippen MR) is 75.7 cm³/mol. The molecule has 23 heavy (non-hydrogen) atoms. The summed E-state index contributed by atoms with van der Waals surface area (Å²) in [5, 5.41) is 40.6. The van der Waals surface area contributed by atoms with Crippen molar-refractivity contribution in [3.05, 3.63) is 24.3 Å². The Morgan fingerprint density at radius 3 is 2.22 bits per heavy atom. The molecule has 5 atom stereocenters. The molecule has 9 heteroatoms. The molecule has 0 bridgehead atoms. The number of benzene rings is 1. The van der Waals surface area contributed by atoms with Crippen LogP contribution in [0.5, 0.6) is 5.75 Å². The van der Waals surface area contributed by atoms with Crippen molar-refractivity contribution in [3.8, 4) is 5.75 Å². The Labute approximate surface area is 131 Å². The van der Waals surface area contributed by atoms with Gasteiger partial charge < -0.3 is 35.2 Å². The van der Waals surface area contributed by atoms with Crippen LogP contribution in [0.15, 0.2) is 24.3 Å². The lowest BCUT2D eigenvalue weighted by molar-refractivity contribution is -0.271. The smallest absolute Gasteiger partial charge is 0.335 e. The normalized spacial score (nSPS) is 30.5. The molecule has 1 aliphatic heterocycles. The van der Waals surface area contributed by atoms with Crippen molar-refractivity contribution in [1.29, 1.82) is 0 Å². The molecule has 1 aliphatic rings. The maximum atomic E-state index is 11.0. The molecule has 0 aromatic heterocycles. The molecule has 0 saturated carbocycles. The van der Waals surface area contributed by atoms with Gasteiger partial charge in [-0.3, -0.25) is 4.79 Å². The third kappa shape index (κ3) is 3.96. The third-order valence-corrected chi connectivity index (χ3v) is 3.24. The van der Waals surface area contributed by atoms with Gasteiger partial charge in [-0.1, -0.05) is 0 Å². The van der Waals surface area contributed by atoms with Crippen molar-refractivity contribution >= 4 is 17.6 Å². The lowest BCUT2D eigenvalue weighted by Crippen LogP contribution is -2.61. The first-order valence-electron chi connectivity index (χ1n) is 6.76. The van der Waals surface area contributed by atoms with E-state index < -0.39 is 36.7 Å². The number of aliphatic hydroxyl groups excluding tert-OH is 3. The SMILES string of the molecule is CC(=O)Nc1ccc(O[C@@H]2O[C@H](C(=O)O)[C@@H](O)[C@H](O)[C@H]2O)cc1. The number of amides is 1. The minimum Gasteiger partial charge on any atom is -0.479 e. The summed E-state index contributed by atoms with van der Waals surface area (Å²) in [7, 11) is 0. The topological polar surface area (TPSA) is 146 Å². The fraction of sp³-hybridized carbons (Fsp3) is 0.429. The van der Waals surface area contributed by atoms with Crippen LogP contribution in [0.25, 0.3) is 0 Å². The molecule has 1 amide bonds. The van der Waals surface area contributed by atoms with Gasteiger partial charge in [-0.05, 0) is 24.3 Å². The molecule has 1 aromatic rings. The summed E-state index contributed by atoms with van der Waals surface area (Å²) in [5.41, 5.74) is 0.522. The van der Waals surface area contributed by atoms with E-state index in [1.807, 2.05) is 0 Å². The van der Waals surface area contributed by atoms with Gasteiger partial charge in [0.25, 0.3) is 0 Å². The van der Waals surface area contributed by atoms with Crippen LogP contribution in [0.1, 0.15) is 6.92 Å². The molecule has 1 saturated heterocycles. The van der Waals surface area contributed by atoms with Gasteiger partial charge in [0.05, 0.1) is 0 Å². The van der Waals surface area contributed by atoms with E-state index >= 15 is 0 Å². The third-order valence-electron chi connectivity index (χ3n) is 3.24. The van der Waals surface area contributed by atoms with E-state index in [2.05, 4.69) is 5.32 Å². The number of carboxylic acids is 1. The molecular weight excluding hydrogens is 310 g/mol. The Morgan fingerprint density at radius 2 is 1.70 bits per heavy atom. The van der Waals surface area contributed by atoms with E-state index in [0.29, 0.717) is 5.69 Å². The maximum Gasteiger partial charge on any atom is 0.335 e. The van der Waals surface area contributed by atoms with Crippen LogP contribution in [0, 0.1) is 0 Å². The van der Waals surface area contributed by atoms with Gasteiger partial charge in [0.1, 0.15) is 24.1 Å². The first kappa shape index (κ1) is 17.2. The second kappa shape index (κ2) is 6.92. The van der Waals surface area contributed by atoms with E-state index in [9.17, 15) is 24.9 Å². The Balaban J connectivity index is 2.08. The number of hydrogen-bond acceptors (Lipinski definition) is 7. The van der Waals surface area contributed by atoms with Gasteiger partial charge in [-0.2, -0.15) is 0 Å². The second-order valence-electron chi connectivity index (χ2n) is 5.06. The molecule has 1 fully saturated rings. The van der Waals surface area contributed by atoms with E-state index in [-0.39, 0.29) is 11.7 Å². The number of carbonyl (C=O) groups excluding carboxylic acids is 1. The Hall–Kier alpha value is -2.20. The number of aliphatic hydroxyl groups is 3. The highest BCUT2D eigenvalue weighted by Gasteiger charge is 2.48. The summed E-state index contributed by atoms with van der Waals surface area (Å²) >= 11 is 0. The quantitative estimate of drug-likeness (QED) is 0.469. The average Bonchev–Trinajstić information content (AvgIpc) is 2.48. The van der Waals surface area contributed by atoms with Crippen molar-refractivity contribution in [1.82, 2.24) is 0 Å². The minimum atomic E-state index is -1.77. The molecule has 126 valence electrons.